The Morgan fingerprint density at radius 2 is 1.83 bits per heavy atom. The second-order valence-electron chi connectivity index (χ2n) is 12.0. The van der Waals surface area contributed by atoms with Crippen molar-refractivity contribution in [2.45, 2.75) is 83.2 Å². The van der Waals surface area contributed by atoms with Crippen molar-refractivity contribution >= 4 is 45.3 Å². The predicted molar refractivity (Wildman–Crippen MR) is 175 cm³/mol. The number of ether oxygens (including phenoxy) is 4. The van der Waals surface area contributed by atoms with E-state index < -0.39 is 36.2 Å². The molecule has 5 rings (SSSR count). The number of alkyl carbamates (subject to hydrolysis) is 1. The summed E-state index contributed by atoms with van der Waals surface area (Å²) in [5, 5.41) is 9.41. The number of pyridine rings is 1. The molecule has 1 saturated carbocycles. The normalized spacial score (nSPS) is 18.8. The summed E-state index contributed by atoms with van der Waals surface area (Å²) in [5.74, 6) is 0.0875. The Morgan fingerprint density at radius 3 is 2.50 bits per heavy atom. The molecule has 13 heteroatoms. The molecule has 246 valence electrons. The van der Waals surface area contributed by atoms with Crippen LogP contribution in [-0.4, -0.2) is 83.9 Å². The summed E-state index contributed by atoms with van der Waals surface area (Å²) >= 11 is 1.48. The van der Waals surface area contributed by atoms with Crippen molar-refractivity contribution in [1.82, 2.24) is 20.2 Å². The van der Waals surface area contributed by atoms with Crippen LogP contribution in [0, 0.1) is 0 Å². The fraction of sp³-hybridized carbons (Fsp3) is 0.485. The monoisotopic (exact) mass is 651 g/mol. The molecule has 2 N–H and O–H groups in total. The Hall–Kier alpha value is -4.39. The number of esters is 1. The van der Waals surface area contributed by atoms with Crippen LogP contribution in [0.4, 0.5) is 9.93 Å². The number of nitrogens with one attached hydrogen (secondary N) is 2. The number of likely N-dealkylation sites (tertiary alicyclic amines) is 1. The lowest BCUT2D eigenvalue weighted by atomic mass is 10.1. The first kappa shape index (κ1) is 33.0. The number of amides is 2. The lowest BCUT2D eigenvalue weighted by Crippen LogP contribution is -2.52. The maximum Gasteiger partial charge on any atom is 0.408 e. The van der Waals surface area contributed by atoms with E-state index in [1.54, 1.807) is 14.0 Å². The predicted octanol–water partition coefficient (Wildman–Crippen LogP) is 5.32. The third-order valence-electron chi connectivity index (χ3n) is 8.05. The molecule has 3 heterocycles. The minimum Gasteiger partial charge on any atom is -0.497 e. The topological polar surface area (TPSA) is 141 Å². The number of methoxy groups -OCH3 is 2. The zero-order valence-corrected chi connectivity index (χ0v) is 27.6. The van der Waals surface area contributed by atoms with Gasteiger partial charge in [-0.15, -0.1) is 11.3 Å². The third kappa shape index (κ3) is 7.52. The lowest BCUT2D eigenvalue weighted by Gasteiger charge is -2.28. The summed E-state index contributed by atoms with van der Waals surface area (Å²) in [4.78, 5) is 50.5. The fourth-order valence-electron chi connectivity index (χ4n) is 5.77. The van der Waals surface area contributed by atoms with Gasteiger partial charge in [-0.05, 0) is 64.2 Å². The number of hydrogen-bond acceptors (Lipinski definition) is 11. The summed E-state index contributed by atoms with van der Waals surface area (Å²) < 4.78 is 22.6. The number of carbonyl (C=O) groups is 3. The Bertz CT molecular complexity index is 1600. The lowest BCUT2D eigenvalue weighted by molar-refractivity contribution is -0.151. The van der Waals surface area contributed by atoms with Gasteiger partial charge in [0.2, 0.25) is 5.91 Å². The molecule has 0 bridgehead atoms. The summed E-state index contributed by atoms with van der Waals surface area (Å²) in [6, 6.07) is 5.53. The van der Waals surface area contributed by atoms with Gasteiger partial charge < -0.3 is 34.5 Å². The van der Waals surface area contributed by atoms with E-state index in [4.69, 9.17) is 28.9 Å². The molecule has 3 atom stereocenters. The van der Waals surface area contributed by atoms with Crippen LogP contribution < -0.4 is 20.1 Å². The molecule has 1 aliphatic heterocycles. The van der Waals surface area contributed by atoms with Crippen LogP contribution >= 0.6 is 11.3 Å². The zero-order chi connectivity index (χ0) is 33.0. The van der Waals surface area contributed by atoms with Crippen LogP contribution in [-0.2, 0) is 19.1 Å². The van der Waals surface area contributed by atoms with E-state index in [-0.39, 0.29) is 25.1 Å². The van der Waals surface area contributed by atoms with Crippen LogP contribution in [0.15, 0.2) is 41.8 Å². The van der Waals surface area contributed by atoms with Gasteiger partial charge in [0.15, 0.2) is 5.13 Å². The molecule has 2 amide bonds. The highest BCUT2D eigenvalue weighted by molar-refractivity contribution is 7.14. The maximum atomic E-state index is 13.9. The van der Waals surface area contributed by atoms with Crippen molar-refractivity contribution in [3.63, 3.8) is 0 Å². The Morgan fingerprint density at radius 1 is 1.07 bits per heavy atom. The fourth-order valence-corrected chi connectivity index (χ4v) is 6.62. The molecule has 0 radical (unpaired) electrons. The van der Waals surface area contributed by atoms with Crippen molar-refractivity contribution in [3.8, 4) is 22.9 Å². The number of aromatic nitrogens is 2. The molecule has 1 aromatic carbocycles. The molecule has 2 aliphatic rings. The first-order chi connectivity index (χ1) is 22.1. The van der Waals surface area contributed by atoms with Gasteiger partial charge in [0.25, 0.3) is 0 Å². The molecule has 2 aromatic heterocycles. The zero-order valence-electron chi connectivity index (χ0n) is 26.8. The van der Waals surface area contributed by atoms with Crippen molar-refractivity contribution < 1.29 is 33.3 Å². The summed E-state index contributed by atoms with van der Waals surface area (Å²) in [6.45, 7) is 9.74. The first-order valence-electron chi connectivity index (χ1n) is 15.4. The van der Waals surface area contributed by atoms with Crippen LogP contribution in [0.5, 0.6) is 11.5 Å². The number of nitrogens with zero attached hydrogens (tertiary/aromatic N) is 3. The molecule has 46 heavy (non-hydrogen) atoms. The largest absolute Gasteiger partial charge is 0.497 e. The minimum absolute atomic E-state index is 0.0796. The number of carbonyl (C=O) groups excluding carboxylic acids is 3. The molecule has 1 aliphatic carbocycles. The van der Waals surface area contributed by atoms with Crippen LogP contribution in [0.1, 0.15) is 52.9 Å². The second kappa shape index (κ2) is 14.4. The number of hydrogen-bond donors (Lipinski definition) is 2. The summed E-state index contributed by atoms with van der Waals surface area (Å²) in [6.07, 6.45) is 2.35. The van der Waals surface area contributed by atoms with Gasteiger partial charge in [0.1, 0.15) is 41.5 Å². The molecule has 0 unspecified atom stereocenters. The van der Waals surface area contributed by atoms with E-state index in [1.165, 1.54) is 23.3 Å². The Labute approximate surface area is 272 Å². The molecule has 2 fully saturated rings. The maximum absolute atomic E-state index is 13.9. The SMILES string of the molecule is C=C(C)[C@H](NC(=O)OC1CCCC1)C(=O)N1C[C@H](Oc2cc(-c3csc(NC(C)C)n3)nc3cc(OC)ccc23)C[C@H]1C(=O)OC. The average molecular weight is 652 g/mol. The van der Waals surface area contributed by atoms with Gasteiger partial charge in [-0.2, -0.15) is 0 Å². The van der Waals surface area contributed by atoms with Gasteiger partial charge in [-0.1, -0.05) is 6.58 Å². The number of rotatable bonds is 11. The van der Waals surface area contributed by atoms with Crippen LogP contribution in [0.25, 0.3) is 22.3 Å². The van der Waals surface area contributed by atoms with Gasteiger partial charge >= 0.3 is 12.1 Å². The molecular formula is C33H41N5O7S. The van der Waals surface area contributed by atoms with E-state index in [0.717, 1.165) is 36.2 Å². The van der Waals surface area contributed by atoms with Gasteiger partial charge in [0.05, 0.1) is 32.0 Å². The van der Waals surface area contributed by atoms with Crippen molar-refractivity contribution in [2.24, 2.45) is 0 Å². The number of anilines is 1. The highest BCUT2D eigenvalue weighted by Crippen LogP contribution is 2.35. The van der Waals surface area contributed by atoms with E-state index in [9.17, 15) is 14.4 Å². The van der Waals surface area contributed by atoms with Crippen LogP contribution in [0.2, 0.25) is 0 Å². The van der Waals surface area contributed by atoms with Crippen molar-refractivity contribution in [3.05, 3.63) is 41.8 Å². The Balaban J connectivity index is 1.41. The second-order valence-corrected chi connectivity index (χ2v) is 12.8. The van der Waals surface area contributed by atoms with E-state index in [2.05, 4.69) is 17.2 Å². The van der Waals surface area contributed by atoms with E-state index >= 15 is 0 Å². The van der Waals surface area contributed by atoms with Crippen molar-refractivity contribution in [2.75, 3.05) is 26.1 Å². The summed E-state index contributed by atoms with van der Waals surface area (Å²) in [5.41, 5.74) is 2.33. The van der Waals surface area contributed by atoms with Gasteiger partial charge in [-0.25, -0.2) is 19.6 Å². The Kier molecular flexibility index (Phi) is 10.3. The highest BCUT2D eigenvalue weighted by atomic mass is 32.1. The highest BCUT2D eigenvalue weighted by Gasteiger charge is 2.44. The molecule has 12 nitrogen and oxygen atoms in total. The number of fused-ring (bicyclic) bond motifs is 1. The smallest absolute Gasteiger partial charge is 0.408 e. The van der Waals surface area contributed by atoms with E-state index in [1.807, 2.05) is 43.5 Å². The molecule has 1 saturated heterocycles. The molecule has 3 aromatic rings. The summed E-state index contributed by atoms with van der Waals surface area (Å²) in [7, 11) is 2.87. The quantitative estimate of drug-likeness (QED) is 0.207. The minimum atomic E-state index is -1.08. The van der Waals surface area contributed by atoms with Gasteiger partial charge in [0, 0.05) is 35.4 Å². The van der Waals surface area contributed by atoms with Crippen molar-refractivity contribution in [1.29, 1.82) is 0 Å². The standard InChI is InChI=1S/C33H41N5O7S/c1-18(2)29(37-33(41)45-20-9-7-8-10-20)30(39)38-16-22(14-27(38)31(40)43-6)44-28-15-25(26-17-46-32(36-26)34-19(3)4)35-24-13-21(42-5)11-12-23(24)28/h11-13,15,17,19-20,22,27,29H,1,7-10,14,16H2,2-6H3,(H,34,36)(H,37,41)/t22-,27+,29+/m1/s1. The van der Waals surface area contributed by atoms with Gasteiger partial charge in [-0.3, -0.25) is 4.79 Å². The van der Waals surface area contributed by atoms with Crippen LogP contribution in [0.3, 0.4) is 0 Å². The number of benzene rings is 1. The average Bonchev–Trinajstić information content (AvgIpc) is 3.80. The first-order valence-corrected chi connectivity index (χ1v) is 16.3. The molecule has 0 spiro atoms. The van der Waals surface area contributed by atoms with E-state index in [0.29, 0.717) is 34.0 Å². The number of thiazole rings is 1. The third-order valence-corrected chi connectivity index (χ3v) is 8.82. The molecular weight excluding hydrogens is 610 g/mol.